The van der Waals surface area contributed by atoms with Crippen LogP contribution in [0.2, 0.25) is 0 Å². The Labute approximate surface area is 180 Å². The van der Waals surface area contributed by atoms with E-state index < -0.39 is 24.0 Å². The highest BCUT2D eigenvalue weighted by molar-refractivity contribution is 7.98. The van der Waals surface area contributed by atoms with Gasteiger partial charge in [0.1, 0.15) is 6.04 Å². The molecule has 2 aromatic rings. The van der Waals surface area contributed by atoms with Gasteiger partial charge in [-0.1, -0.05) is 37.3 Å². The number of anilines is 1. The van der Waals surface area contributed by atoms with E-state index >= 15 is 0 Å². The summed E-state index contributed by atoms with van der Waals surface area (Å²) < 4.78 is 0. The van der Waals surface area contributed by atoms with Gasteiger partial charge in [-0.2, -0.15) is 11.8 Å². The predicted molar refractivity (Wildman–Crippen MR) is 121 cm³/mol. The number of carboxylic acid groups (broad SMARTS) is 1. The fourth-order valence-corrected chi connectivity index (χ4v) is 3.30. The molecule has 0 radical (unpaired) electrons. The normalized spacial score (nSPS) is 12.6. The van der Waals surface area contributed by atoms with Crippen molar-refractivity contribution in [1.82, 2.24) is 5.32 Å². The maximum Gasteiger partial charge on any atom is 0.326 e. The lowest BCUT2D eigenvalue weighted by molar-refractivity contribution is -0.139. The van der Waals surface area contributed by atoms with Gasteiger partial charge in [0.15, 0.2) is 0 Å². The standard InChI is InChI=1S/C22H27N3O4S/c1-3-18(23)21(27)24-15-9-10-16(17(13-15)14-7-5-4-6-8-14)20(26)25-19(22(28)29)11-12-30-2/h4-10,13,18-19H,3,11-12,23H2,1-2H3,(H,24,27)(H,25,26)(H,28,29)/t18-,19-/m0/s1. The third-order valence-electron chi connectivity index (χ3n) is 4.61. The van der Waals surface area contributed by atoms with Gasteiger partial charge in [-0.25, -0.2) is 4.79 Å². The summed E-state index contributed by atoms with van der Waals surface area (Å²) in [6.07, 6.45) is 2.71. The van der Waals surface area contributed by atoms with Gasteiger partial charge >= 0.3 is 5.97 Å². The summed E-state index contributed by atoms with van der Waals surface area (Å²) in [4.78, 5) is 36.6. The molecule has 0 aliphatic rings. The van der Waals surface area contributed by atoms with E-state index in [0.717, 1.165) is 5.56 Å². The van der Waals surface area contributed by atoms with E-state index in [0.29, 0.717) is 35.4 Å². The molecule has 0 aliphatic carbocycles. The molecule has 0 fully saturated rings. The van der Waals surface area contributed by atoms with Gasteiger partial charge in [-0.3, -0.25) is 9.59 Å². The monoisotopic (exact) mass is 429 g/mol. The zero-order valence-electron chi connectivity index (χ0n) is 17.1. The number of rotatable bonds is 10. The third-order valence-corrected chi connectivity index (χ3v) is 5.25. The van der Waals surface area contributed by atoms with E-state index in [1.165, 1.54) is 11.8 Å². The van der Waals surface area contributed by atoms with Gasteiger partial charge in [-0.05, 0) is 54.2 Å². The van der Waals surface area contributed by atoms with Crippen LogP contribution in [0.15, 0.2) is 48.5 Å². The summed E-state index contributed by atoms with van der Waals surface area (Å²) in [5, 5.41) is 14.8. The summed E-state index contributed by atoms with van der Waals surface area (Å²) in [7, 11) is 0. The molecule has 0 spiro atoms. The van der Waals surface area contributed by atoms with E-state index in [9.17, 15) is 19.5 Å². The Morgan fingerprint density at radius 2 is 1.83 bits per heavy atom. The largest absolute Gasteiger partial charge is 0.480 e. The summed E-state index contributed by atoms with van der Waals surface area (Å²) >= 11 is 1.52. The van der Waals surface area contributed by atoms with Crippen molar-refractivity contribution in [2.75, 3.05) is 17.3 Å². The minimum Gasteiger partial charge on any atom is -0.480 e. The topological polar surface area (TPSA) is 122 Å². The van der Waals surface area contributed by atoms with Crippen LogP contribution in [-0.2, 0) is 9.59 Å². The molecule has 0 saturated heterocycles. The van der Waals surface area contributed by atoms with Crippen LogP contribution < -0.4 is 16.4 Å². The van der Waals surface area contributed by atoms with Crippen molar-refractivity contribution in [3.8, 4) is 11.1 Å². The molecule has 2 amide bonds. The quantitative estimate of drug-likeness (QED) is 0.461. The number of nitrogens with one attached hydrogen (secondary N) is 2. The molecule has 2 aromatic carbocycles. The number of benzene rings is 2. The second-order valence-electron chi connectivity index (χ2n) is 6.78. The van der Waals surface area contributed by atoms with Crippen LogP contribution in [0.1, 0.15) is 30.1 Å². The lowest BCUT2D eigenvalue weighted by Gasteiger charge is -2.17. The van der Waals surface area contributed by atoms with Gasteiger partial charge in [0.2, 0.25) is 5.91 Å². The van der Waals surface area contributed by atoms with Crippen LogP contribution in [0.4, 0.5) is 5.69 Å². The molecular weight excluding hydrogens is 402 g/mol. The first-order chi connectivity index (χ1) is 14.4. The van der Waals surface area contributed by atoms with E-state index in [1.54, 1.807) is 18.2 Å². The summed E-state index contributed by atoms with van der Waals surface area (Å²) in [6.45, 7) is 1.82. The van der Waals surface area contributed by atoms with Crippen LogP contribution in [0.5, 0.6) is 0 Å². The molecule has 0 bridgehead atoms. The fraction of sp³-hybridized carbons (Fsp3) is 0.318. The Hall–Kier alpha value is -2.84. The molecule has 30 heavy (non-hydrogen) atoms. The molecular formula is C22H27N3O4S. The van der Waals surface area contributed by atoms with Crippen LogP contribution in [0.3, 0.4) is 0 Å². The van der Waals surface area contributed by atoms with Gasteiger partial charge in [0.05, 0.1) is 6.04 Å². The smallest absolute Gasteiger partial charge is 0.326 e. The Kier molecular flexibility index (Phi) is 8.89. The van der Waals surface area contributed by atoms with E-state index in [4.69, 9.17) is 5.73 Å². The van der Waals surface area contributed by atoms with Crippen molar-refractivity contribution in [2.45, 2.75) is 31.8 Å². The molecule has 160 valence electrons. The highest BCUT2D eigenvalue weighted by atomic mass is 32.2. The zero-order chi connectivity index (χ0) is 22.1. The number of amides is 2. The number of thioether (sulfide) groups is 1. The van der Waals surface area contributed by atoms with Crippen molar-refractivity contribution in [1.29, 1.82) is 0 Å². The molecule has 2 atom stereocenters. The Morgan fingerprint density at radius 3 is 2.43 bits per heavy atom. The molecule has 0 heterocycles. The van der Waals surface area contributed by atoms with E-state index in [-0.39, 0.29) is 5.91 Å². The van der Waals surface area contributed by atoms with Gasteiger partial charge < -0.3 is 21.5 Å². The van der Waals surface area contributed by atoms with Crippen LogP contribution in [0, 0.1) is 0 Å². The minimum absolute atomic E-state index is 0.309. The second kappa shape index (κ2) is 11.4. The second-order valence-corrected chi connectivity index (χ2v) is 7.76. The molecule has 8 heteroatoms. The Bertz CT molecular complexity index is 889. The van der Waals surface area contributed by atoms with Crippen molar-refractivity contribution in [3.63, 3.8) is 0 Å². The third kappa shape index (κ3) is 6.33. The lowest BCUT2D eigenvalue weighted by Crippen LogP contribution is -2.41. The van der Waals surface area contributed by atoms with Crippen LogP contribution >= 0.6 is 11.8 Å². The number of carboxylic acids is 1. The number of aliphatic carboxylic acids is 1. The average molecular weight is 430 g/mol. The first kappa shape index (κ1) is 23.4. The number of carbonyl (C=O) groups excluding carboxylic acids is 2. The minimum atomic E-state index is -1.07. The van der Waals surface area contributed by atoms with Crippen molar-refractivity contribution < 1.29 is 19.5 Å². The maximum absolute atomic E-state index is 12.9. The molecule has 0 aromatic heterocycles. The van der Waals surface area contributed by atoms with E-state index in [2.05, 4.69) is 10.6 Å². The Morgan fingerprint density at radius 1 is 1.13 bits per heavy atom. The number of nitrogens with two attached hydrogens (primary N) is 1. The first-order valence-corrected chi connectivity index (χ1v) is 11.0. The maximum atomic E-state index is 12.9. The highest BCUT2D eigenvalue weighted by Gasteiger charge is 2.22. The number of hydrogen-bond donors (Lipinski definition) is 4. The SMILES string of the molecule is CC[C@H](N)C(=O)Nc1ccc(C(=O)N[C@@H](CCSC)C(=O)O)c(-c2ccccc2)c1. The molecule has 0 aliphatic heterocycles. The molecule has 7 nitrogen and oxygen atoms in total. The lowest BCUT2D eigenvalue weighted by atomic mass is 9.98. The molecule has 2 rings (SSSR count). The number of carbonyl (C=O) groups is 3. The zero-order valence-corrected chi connectivity index (χ0v) is 17.9. The molecule has 5 N–H and O–H groups in total. The van der Waals surface area contributed by atoms with Crippen LogP contribution in [0.25, 0.3) is 11.1 Å². The fourth-order valence-electron chi connectivity index (χ4n) is 2.83. The predicted octanol–water partition coefficient (Wildman–Crippen LogP) is 2.97. The molecule has 0 saturated carbocycles. The molecule has 0 unspecified atom stereocenters. The van der Waals surface area contributed by atoms with Gasteiger partial charge in [0.25, 0.3) is 5.91 Å². The van der Waals surface area contributed by atoms with Crippen molar-refractivity contribution >= 4 is 35.2 Å². The summed E-state index contributed by atoms with van der Waals surface area (Å²) in [6, 6.07) is 12.5. The first-order valence-electron chi connectivity index (χ1n) is 9.65. The highest BCUT2D eigenvalue weighted by Crippen LogP contribution is 2.27. The van der Waals surface area contributed by atoms with Crippen molar-refractivity contribution in [3.05, 3.63) is 54.1 Å². The van der Waals surface area contributed by atoms with Crippen LogP contribution in [-0.4, -0.2) is 47.0 Å². The summed E-state index contributed by atoms with van der Waals surface area (Å²) in [5.41, 5.74) is 7.98. The average Bonchev–Trinajstić information content (AvgIpc) is 2.76. The van der Waals surface area contributed by atoms with Crippen molar-refractivity contribution in [2.24, 2.45) is 5.73 Å². The number of hydrogen-bond acceptors (Lipinski definition) is 5. The van der Waals surface area contributed by atoms with Gasteiger partial charge in [-0.15, -0.1) is 0 Å². The van der Waals surface area contributed by atoms with Gasteiger partial charge in [0, 0.05) is 11.3 Å². The Balaban J connectivity index is 2.37. The summed E-state index contributed by atoms with van der Waals surface area (Å²) in [5.74, 6) is -1.25. The van der Waals surface area contributed by atoms with E-state index in [1.807, 2.05) is 43.5 Å².